The van der Waals surface area contributed by atoms with Crippen LogP contribution in [0.3, 0.4) is 0 Å². The molecule has 7 heteroatoms. The van der Waals surface area contributed by atoms with Gasteiger partial charge in [-0.1, -0.05) is 36.4 Å². The third kappa shape index (κ3) is 5.68. The van der Waals surface area contributed by atoms with E-state index in [0.29, 0.717) is 17.8 Å². The van der Waals surface area contributed by atoms with Crippen molar-refractivity contribution in [2.24, 2.45) is 0 Å². The van der Waals surface area contributed by atoms with E-state index in [4.69, 9.17) is 0 Å². The van der Waals surface area contributed by atoms with Gasteiger partial charge < -0.3 is 10.2 Å². The molecule has 6 nitrogen and oxygen atoms in total. The van der Waals surface area contributed by atoms with Crippen molar-refractivity contribution in [1.82, 2.24) is 5.32 Å². The highest BCUT2D eigenvalue weighted by molar-refractivity contribution is 7.92. The molecule has 0 unspecified atom stereocenters. The minimum Gasteiger partial charge on any atom is -0.372 e. The lowest BCUT2D eigenvalue weighted by molar-refractivity contribution is 0.0951. The molecule has 32 heavy (non-hydrogen) atoms. The van der Waals surface area contributed by atoms with E-state index in [1.165, 1.54) is 12.1 Å². The highest BCUT2D eigenvalue weighted by Gasteiger charge is 2.16. The Kier molecular flexibility index (Phi) is 7.53. The lowest BCUT2D eigenvalue weighted by Crippen LogP contribution is -2.24. The zero-order valence-electron chi connectivity index (χ0n) is 18.6. The predicted molar refractivity (Wildman–Crippen MR) is 130 cm³/mol. The Labute approximate surface area is 190 Å². The van der Waals surface area contributed by atoms with Crippen LogP contribution in [0.4, 0.5) is 11.4 Å². The summed E-state index contributed by atoms with van der Waals surface area (Å²) in [5, 5.41) is 2.90. The van der Waals surface area contributed by atoms with E-state index in [1.807, 2.05) is 12.1 Å². The van der Waals surface area contributed by atoms with Gasteiger partial charge in [-0.05, 0) is 68.3 Å². The van der Waals surface area contributed by atoms with Crippen LogP contribution < -0.4 is 14.9 Å². The standard InChI is InChI=1S/C25H29N3O3S/c1-4-28(5-2)22-15-12-20(13-16-22)18-26-25(29)21-14-11-19(3)24(17-21)27-32(30,31)23-9-7-6-8-10-23/h6-17,27H,4-5,18H2,1-3H3,(H,26,29). The fraction of sp³-hybridized carbons (Fsp3) is 0.240. The van der Waals surface area contributed by atoms with Gasteiger partial charge in [-0.15, -0.1) is 0 Å². The van der Waals surface area contributed by atoms with Gasteiger partial charge in [0.05, 0.1) is 10.6 Å². The summed E-state index contributed by atoms with van der Waals surface area (Å²) in [5.41, 5.74) is 3.64. The van der Waals surface area contributed by atoms with Gasteiger partial charge in [0.15, 0.2) is 0 Å². The van der Waals surface area contributed by atoms with E-state index in [0.717, 1.165) is 29.9 Å². The summed E-state index contributed by atoms with van der Waals surface area (Å²) in [6.07, 6.45) is 0. The summed E-state index contributed by atoms with van der Waals surface area (Å²) >= 11 is 0. The SMILES string of the molecule is CCN(CC)c1ccc(CNC(=O)c2ccc(C)c(NS(=O)(=O)c3ccccc3)c2)cc1. The van der Waals surface area contributed by atoms with Crippen molar-refractivity contribution < 1.29 is 13.2 Å². The first-order chi connectivity index (χ1) is 15.3. The fourth-order valence-electron chi connectivity index (χ4n) is 3.37. The second-order valence-corrected chi connectivity index (χ2v) is 9.15. The topological polar surface area (TPSA) is 78.5 Å². The minimum atomic E-state index is -3.73. The molecule has 168 valence electrons. The molecule has 3 aromatic rings. The number of carbonyl (C=O) groups excluding carboxylic acids is 1. The lowest BCUT2D eigenvalue weighted by Gasteiger charge is -2.21. The quantitative estimate of drug-likeness (QED) is 0.499. The van der Waals surface area contributed by atoms with Crippen LogP contribution in [0.15, 0.2) is 77.7 Å². The molecule has 1 amide bonds. The molecule has 0 atom stereocenters. The molecular formula is C25H29N3O3S. The second-order valence-electron chi connectivity index (χ2n) is 7.47. The predicted octanol–water partition coefficient (Wildman–Crippen LogP) is 4.57. The Bertz CT molecular complexity index is 1160. The average Bonchev–Trinajstić information content (AvgIpc) is 2.81. The molecule has 0 aliphatic carbocycles. The van der Waals surface area contributed by atoms with E-state index in [-0.39, 0.29) is 10.8 Å². The van der Waals surface area contributed by atoms with Crippen molar-refractivity contribution in [2.45, 2.75) is 32.2 Å². The number of amides is 1. The molecule has 0 radical (unpaired) electrons. The van der Waals surface area contributed by atoms with Crippen LogP contribution in [0.5, 0.6) is 0 Å². The highest BCUT2D eigenvalue weighted by Crippen LogP contribution is 2.21. The first kappa shape index (κ1) is 23.3. The molecule has 0 aromatic heterocycles. The summed E-state index contributed by atoms with van der Waals surface area (Å²) in [6.45, 7) is 8.30. The number of nitrogens with zero attached hydrogens (tertiary/aromatic N) is 1. The van der Waals surface area contributed by atoms with Crippen molar-refractivity contribution in [3.05, 3.63) is 89.5 Å². The minimum absolute atomic E-state index is 0.169. The number of benzene rings is 3. The Hall–Kier alpha value is -3.32. The normalized spacial score (nSPS) is 11.1. The molecule has 3 aromatic carbocycles. The number of rotatable bonds is 9. The van der Waals surface area contributed by atoms with Gasteiger partial charge in [-0.25, -0.2) is 8.42 Å². The molecule has 0 saturated carbocycles. The molecule has 0 aliphatic rings. The van der Waals surface area contributed by atoms with E-state index in [9.17, 15) is 13.2 Å². The molecule has 2 N–H and O–H groups in total. The molecule has 0 heterocycles. The van der Waals surface area contributed by atoms with Gasteiger partial charge >= 0.3 is 0 Å². The number of hydrogen-bond acceptors (Lipinski definition) is 4. The molecule has 0 aliphatic heterocycles. The highest BCUT2D eigenvalue weighted by atomic mass is 32.2. The van der Waals surface area contributed by atoms with E-state index >= 15 is 0 Å². The van der Waals surface area contributed by atoms with Crippen LogP contribution >= 0.6 is 0 Å². The maximum atomic E-state index is 12.7. The van der Waals surface area contributed by atoms with Gasteiger partial charge in [0, 0.05) is 30.9 Å². The summed E-state index contributed by atoms with van der Waals surface area (Å²) in [6, 6.07) is 21.2. The summed E-state index contributed by atoms with van der Waals surface area (Å²) in [4.78, 5) is 15.1. The monoisotopic (exact) mass is 451 g/mol. The lowest BCUT2D eigenvalue weighted by atomic mass is 10.1. The molecule has 3 rings (SSSR count). The summed E-state index contributed by atoms with van der Waals surface area (Å²) in [7, 11) is -3.73. The number of carbonyl (C=O) groups is 1. The van der Waals surface area contributed by atoms with Gasteiger partial charge in [0.1, 0.15) is 0 Å². The maximum Gasteiger partial charge on any atom is 0.261 e. The Balaban J connectivity index is 1.69. The second kappa shape index (κ2) is 10.3. The molecule has 0 bridgehead atoms. The van der Waals surface area contributed by atoms with E-state index < -0.39 is 10.0 Å². The maximum absolute atomic E-state index is 12.7. The van der Waals surface area contributed by atoms with Crippen LogP contribution in [0.25, 0.3) is 0 Å². The summed E-state index contributed by atoms with van der Waals surface area (Å²) < 4.78 is 27.9. The van der Waals surface area contributed by atoms with E-state index in [2.05, 4.69) is 40.9 Å². The third-order valence-corrected chi connectivity index (χ3v) is 6.70. The van der Waals surface area contributed by atoms with Gasteiger partial charge in [0.2, 0.25) is 0 Å². The number of aryl methyl sites for hydroxylation is 1. The number of hydrogen-bond donors (Lipinski definition) is 2. The Morgan fingerprint density at radius 1 is 0.906 bits per heavy atom. The van der Waals surface area contributed by atoms with Crippen molar-refractivity contribution in [3.8, 4) is 0 Å². The van der Waals surface area contributed by atoms with Gasteiger partial charge in [0.25, 0.3) is 15.9 Å². The first-order valence-electron chi connectivity index (χ1n) is 10.6. The van der Waals surface area contributed by atoms with Crippen molar-refractivity contribution in [1.29, 1.82) is 0 Å². The van der Waals surface area contributed by atoms with Crippen LogP contribution in [-0.2, 0) is 16.6 Å². The Morgan fingerprint density at radius 3 is 2.19 bits per heavy atom. The van der Waals surface area contributed by atoms with Crippen molar-refractivity contribution in [2.75, 3.05) is 22.7 Å². The van der Waals surface area contributed by atoms with Crippen molar-refractivity contribution >= 4 is 27.3 Å². The Morgan fingerprint density at radius 2 is 1.56 bits per heavy atom. The van der Waals surface area contributed by atoms with Crippen LogP contribution in [0.1, 0.15) is 35.3 Å². The average molecular weight is 452 g/mol. The molecule has 0 fully saturated rings. The zero-order valence-corrected chi connectivity index (χ0v) is 19.4. The first-order valence-corrected chi connectivity index (χ1v) is 12.1. The number of nitrogens with one attached hydrogen (secondary N) is 2. The van der Waals surface area contributed by atoms with Crippen molar-refractivity contribution in [3.63, 3.8) is 0 Å². The zero-order chi connectivity index (χ0) is 23.1. The van der Waals surface area contributed by atoms with E-state index in [1.54, 1.807) is 43.3 Å². The summed E-state index contributed by atoms with van der Waals surface area (Å²) in [5.74, 6) is -0.266. The van der Waals surface area contributed by atoms with Gasteiger partial charge in [-0.3, -0.25) is 9.52 Å². The van der Waals surface area contributed by atoms with Crippen LogP contribution in [-0.4, -0.2) is 27.4 Å². The fourth-order valence-corrected chi connectivity index (χ4v) is 4.52. The number of sulfonamides is 1. The largest absolute Gasteiger partial charge is 0.372 e. The van der Waals surface area contributed by atoms with Crippen LogP contribution in [0, 0.1) is 6.92 Å². The van der Waals surface area contributed by atoms with Gasteiger partial charge in [-0.2, -0.15) is 0 Å². The smallest absolute Gasteiger partial charge is 0.261 e. The molecule has 0 spiro atoms. The molecule has 0 saturated heterocycles. The third-order valence-electron chi connectivity index (χ3n) is 5.32. The molecular weight excluding hydrogens is 422 g/mol. The number of anilines is 2. The van der Waals surface area contributed by atoms with Crippen LogP contribution in [0.2, 0.25) is 0 Å².